The Bertz CT molecular complexity index is 1400. The van der Waals surface area contributed by atoms with E-state index in [-0.39, 0.29) is 22.8 Å². The average molecular weight is 607 g/mol. The van der Waals surface area contributed by atoms with Gasteiger partial charge < -0.3 is 4.74 Å². The molecule has 0 saturated heterocycles. The highest BCUT2D eigenvalue weighted by Crippen LogP contribution is 2.45. The smallest absolute Gasteiger partial charge is 0.201 e. The number of allylic oxidation sites excluding steroid dienone is 2. The van der Waals surface area contributed by atoms with Crippen LogP contribution in [0, 0.1) is 41.0 Å². The molecule has 2 aliphatic rings. The summed E-state index contributed by atoms with van der Waals surface area (Å²) < 4.78 is 65.7. The second kappa shape index (κ2) is 15.3. The first-order chi connectivity index (χ1) is 21.4. The van der Waals surface area contributed by atoms with E-state index in [0.717, 1.165) is 50.4 Å². The number of unbranched alkanes of at least 4 members (excludes halogenated alkanes) is 1. The molecule has 0 N–H and O–H groups in total. The molecule has 3 aromatic carbocycles. The minimum absolute atomic E-state index is 0.0427. The zero-order chi connectivity index (χ0) is 31.1. The highest BCUT2D eigenvalue weighted by molar-refractivity contribution is 5.72. The number of halogens is 4. The number of rotatable bonds is 11. The average Bonchev–Trinajstić information content (AvgIpc) is 3.05. The Balaban J connectivity index is 1.20. The zero-order valence-electron chi connectivity index (χ0n) is 26.2. The molecule has 0 atom stereocenters. The van der Waals surface area contributed by atoms with Crippen molar-refractivity contribution in [1.82, 2.24) is 0 Å². The van der Waals surface area contributed by atoms with Crippen LogP contribution in [0.2, 0.25) is 0 Å². The van der Waals surface area contributed by atoms with E-state index in [1.54, 1.807) is 36.4 Å². The predicted octanol–water partition coefficient (Wildman–Crippen LogP) is 12.2. The fourth-order valence-electron chi connectivity index (χ4n) is 7.47. The summed E-state index contributed by atoms with van der Waals surface area (Å²) in [6.45, 7) is 4.40. The van der Waals surface area contributed by atoms with Crippen molar-refractivity contribution in [3.8, 4) is 28.0 Å². The van der Waals surface area contributed by atoms with Gasteiger partial charge in [0.1, 0.15) is 0 Å². The largest absolute Gasteiger partial charge is 0.490 e. The summed E-state index contributed by atoms with van der Waals surface area (Å²) in [4.78, 5) is 0. The van der Waals surface area contributed by atoms with Gasteiger partial charge in [-0.3, -0.25) is 0 Å². The quantitative estimate of drug-likeness (QED) is 0.120. The molecule has 0 unspecified atom stereocenters. The summed E-state index contributed by atoms with van der Waals surface area (Å²) in [5.74, 6) is -1.35. The summed E-state index contributed by atoms with van der Waals surface area (Å²) in [6.07, 6.45) is 17.8. The molecule has 1 nitrogen and oxygen atoms in total. The molecule has 0 spiro atoms. The van der Waals surface area contributed by atoms with Crippen molar-refractivity contribution in [2.75, 3.05) is 6.61 Å². The molecule has 2 fully saturated rings. The van der Waals surface area contributed by atoms with Crippen LogP contribution in [-0.2, 0) is 0 Å². The minimum atomic E-state index is -1.02. The van der Waals surface area contributed by atoms with Crippen molar-refractivity contribution in [3.63, 3.8) is 0 Å². The van der Waals surface area contributed by atoms with E-state index in [1.807, 2.05) is 6.92 Å². The van der Waals surface area contributed by atoms with Gasteiger partial charge in [-0.25, -0.2) is 13.2 Å². The summed E-state index contributed by atoms with van der Waals surface area (Å²) in [5, 5.41) is 0. The van der Waals surface area contributed by atoms with Crippen LogP contribution in [0.1, 0.15) is 102 Å². The van der Waals surface area contributed by atoms with Gasteiger partial charge >= 0.3 is 0 Å². The Labute approximate surface area is 260 Å². The maximum Gasteiger partial charge on any atom is 0.201 e. The lowest BCUT2D eigenvalue weighted by atomic mass is 9.68. The maximum absolute atomic E-state index is 15.5. The van der Waals surface area contributed by atoms with Crippen LogP contribution in [0.4, 0.5) is 17.6 Å². The molecule has 2 saturated carbocycles. The summed E-state index contributed by atoms with van der Waals surface area (Å²) in [5.41, 5.74) is 1.67. The van der Waals surface area contributed by atoms with Gasteiger partial charge in [0, 0.05) is 11.1 Å². The van der Waals surface area contributed by atoms with E-state index in [2.05, 4.69) is 19.1 Å². The second-order valence-corrected chi connectivity index (χ2v) is 12.9. The van der Waals surface area contributed by atoms with Crippen molar-refractivity contribution < 1.29 is 22.3 Å². The molecule has 0 bridgehead atoms. The molecular weight excluding hydrogens is 560 g/mol. The zero-order valence-corrected chi connectivity index (χ0v) is 26.2. The molecule has 0 radical (unpaired) electrons. The normalized spacial score (nSPS) is 22.4. The van der Waals surface area contributed by atoms with Crippen LogP contribution in [0.3, 0.4) is 0 Å². The first kappa shape index (κ1) is 32.3. The molecule has 0 aliphatic heterocycles. The fourth-order valence-corrected chi connectivity index (χ4v) is 7.47. The molecule has 0 amide bonds. The first-order valence-electron chi connectivity index (χ1n) is 16.7. The minimum Gasteiger partial charge on any atom is -0.490 e. The molecule has 3 aromatic rings. The van der Waals surface area contributed by atoms with Crippen molar-refractivity contribution in [2.45, 2.75) is 96.8 Å². The van der Waals surface area contributed by atoms with Gasteiger partial charge in [-0.1, -0.05) is 74.7 Å². The van der Waals surface area contributed by atoms with Crippen LogP contribution in [0.15, 0.2) is 60.7 Å². The highest BCUT2D eigenvalue weighted by atomic mass is 19.2. The van der Waals surface area contributed by atoms with Crippen molar-refractivity contribution in [2.24, 2.45) is 17.8 Å². The molecule has 44 heavy (non-hydrogen) atoms. The number of benzene rings is 3. The molecule has 5 rings (SSSR count). The van der Waals surface area contributed by atoms with Crippen molar-refractivity contribution >= 4 is 0 Å². The summed E-state index contributed by atoms with van der Waals surface area (Å²) in [7, 11) is 0. The van der Waals surface area contributed by atoms with E-state index in [9.17, 15) is 8.78 Å². The Morgan fingerprint density at radius 1 is 0.682 bits per heavy atom. The van der Waals surface area contributed by atoms with Crippen molar-refractivity contribution in [3.05, 3.63) is 89.5 Å². The van der Waals surface area contributed by atoms with Gasteiger partial charge in [0.25, 0.3) is 0 Å². The van der Waals surface area contributed by atoms with Gasteiger partial charge in [0.15, 0.2) is 23.2 Å². The van der Waals surface area contributed by atoms with E-state index in [4.69, 9.17) is 4.74 Å². The highest BCUT2D eigenvalue weighted by Gasteiger charge is 2.32. The third kappa shape index (κ3) is 7.41. The Kier molecular flexibility index (Phi) is 11.2. The molecule has 5 heteroatoms. The fraction of sp³-hybridized carbons (Fsp3) is 0.487. The van der Waals surface area contributed by atoms with Crippen LogP contribution in [0.5, 0.6) is 5.75 Å². The molecular formula is C39H46F4O. The van der Waals surface area contributed by atoms with Gasteiger partial charge in [-0.15, -0.1) is 0 Å². The van der Waals surface area contributed by atoms with Crippen LogP contribution < -0.4 is 4.74 Å². The SMILES string of the molecule is C/C=C/CCC1CCC(C2CCC(c3ccc(-c4ccc(-c5ccc(OCCCC)c(F)c5F)cc4)c(F)c3F)CC2)CC1. The van der Waals surface area contributed by atoms with Gasteiger partial charge in [0.05, 0.1) is 6.61 Å². The topological polar surface area (TPSA) is 9.23 Å². The third-order valence-corrected chi connectivity index (χ3v) is 10.2. The summed E-state index contributed by atoms with van der Waals surface area (Å²) in [6, 6.07) is 12.8. The lowest BCUT2D eigenvalue weighted by Crippen LogP contribution is -2.25. The van der Waals surface area contributed by atoms with Crippen molar-refractivity contribution in [1.29, 1.82) is 0 Å². The second-order valence-electron chi connectivity index (χ2n) is 12.9. The lowest BCUT2D eigenvalue weighted by molar-refractivity contribution is 0.156. The van der Waals surface area contributed by atoms with E-state index in [1.165, 1.54) is 50.7 Å². The molecule has 0 aromatic heterocycles. The van der Waals surface area contributed by atoms with Gasteiger partial charge in [0.2, 0.25) is 5.82 Å². The first-order valence-corrected chi connectivity index (χ1v) is 16.7. The van der Waals surface area contributed by atoms with E-state index >= 15 is 8.78 Å². The van der Waals surface area contributed by atoms with E-state index < -0.39 is 23.3 Å². The Morgan fingerprint density at radius 3 is 1.84 bits per heavy atom. The molecule has 236 valence electrons. The molecule has 0 heterocycles. The maximum atomic E-state index is 15.5. The number of hydrogen-bond acceptors (Lipinski definition) is 1. The van der Waals surface area contributed by atoms with Crippen LogP contribution in [0.25, 0.3) is 22.3 Å². The van der Waals surface area contributed by atoms with Gasteiger partial charge in [-0.2, -0.15) is 4.39 Å². The molecule has 2 aliphatic carbocycles. The van der Waals surface area contributed by atoms with E-state index in [0.29, 0.717) is 29.2 Å². The lowest BCUT2D eigenvalue weighted by Gasteiger charge is -2.38. The monoisotopic (exact) mass is 606 g/mol. The Hall–Kier alpha value is -3.08. The number of hydrogen-bond donors (Lipinski definition) is 0. The third-order valence-electron chi connectivity index (χ3n) is 10.2. The Morgan fingerprint density at radius 2 is 1.25 bits per heavy atom. The number of ether oxygens (including phenoxy) is 1. The van der Waals surface area contributed by atoms with Crippen LogP contribution in [-0.4, -0.2) is 6.61 Å². The predicted molar refractivity (Wildman–Crippen MR) is 172 cm³/mol. The summed E-state index contributed by atoms with van der Waals surface area (Å²) >= 11 is 0. The standard InChI is InChI=1S/C39H46F4O/c1-3-5-7-8-26-9-11-27(12-10-26)28-13-15-29(16-14-28)32-21-22-33(37(41)36(32)40)30-17-19-31(20-18-30)34-23-24-35(39(43)38(34)42)44-25-6-4-2/h3,5,17-24,26-29H,4,6-16,25H2,1-2H3/b5-3+. The van der Waals surface area contributed by atoms with Gasteiger partial charge in [-0.05, 0) is 117 Å². The van der Waals surface area contributed by atoms with Crippen LogP contribution >= 0.6 is 0 Å².